The highest BCUT2D eigenvalue weighted by Gasteiger charge is 2.12. The molecule has 0 saturated heterocycles. The quantitative estimate of drug-likeness (QED) is 0.602. The van der Waals surface area contributed by atoms with Crippen molar-refractivity contribution in [3.8, 4) is 17.4 Å². The Hall–Kier alpha value is -2.52. The molecule has 3 aromatic rings. The van der Waals surface area contributed by atoms with Crippen LogP contribution >= 0.6 is 23.2 Å². The van der Waals surface area contributed by atoms with E-state index in [-0.39, 0.29) is 28.5 Å². The van der Waals surface area contributed by atoms with Gasteiger partial charge < -0.3 is 9.47 Å². The second-order valence-corrected chi connectivity index (χ2v) is 5.39. The lowest BCUT2D eigenvalue weighted by Crippen LogP contribution is -2.03. The Kier molecular flexibility index (Phi) is 5.25. The van der Waals surface area contributed by atoms with E-state index in [0.717, 1.165) is 0 Å². The molecule has 0 spiro atoms. The summed E-state index contributed by atoms with van der Waals surface area (Å²) in [4.78, 5) is 7.77. The lowest BCUT2D eigenvalue weighted by Gasteiger charge is -2.08. The molecule has 130 valence electrons. The Bertz CT molecular complexity index is 878. The highest BCUT2D eigenvalue weighted by atomic mass is 35.5. The molecule has 0 N–H and O–H groups in total. The first kappa shape index (κ1) is 17.3. The number of alkyl halides is 2. The van der Waals surface area contributed by atoms with Crippen LogP contribution < -0.4 is 9.47 Å². The van der Waals surface area contributed by atoms with Gasteiger partial charge in [-0.05, 0) is 18.2 Å². The van der Waals surface area contributed by atoms with Gasteiger partial charge in [-0.2, -0.15) is 13.8 Å². The molecule has 0 radical (unpaired) electrons. The van der Waals surface area contributed by atoms with Crippen LogP contribution in [0.1, 0.15) is 5.69 Å². The zero-order valence-electron chi connectivity index (χ0n) is 12.3. The highest BCUT2D eigenvalue weighted by Crippen LogP contribution is 2.28. The van der Waals surface area contributed by atoms with Crippen molar-refractivity contribution in [2.24, 2.45) is 0 Å². The molecule has 11 heteroatoms. The maximum Gasteiger partial charge on any atom is 0.387 e. The molecular formula is C14H9Cl2F2N5O2. The fourth-order valence-corrected chi connectivity index (χ4v) is 2.13. The van der Waals surface area contributed by atoms with Crippen molar-refractivity contribution in [1.82, 2.24) is 25.0 Å². The van der Waals surface area contributed by atoms with Crippen LogP contribution in [0.15, 0.2) is 36.7 Å². The lowest BCUT2D eigenvalue weighted by atomic mass is 10.3. The average Bonchev–Trinajstić information content (AvgIpc) is 3.04. The number of ether oxygens (including phenoxy) is 2. The lowest BCUT2D eigenvalue weighted by molar-refractivity contribution is -0.0497. The van der Waals surface area contributed by atoms with Crippen molar-refractivity contribution in [3.05, 3.63) is 52.5 Å². The van der Waals surface area contributed by atoms with Crippen molar-refractivity contribution in [2.75, 3.05) is 0 Å². The van der Waals surface area contributed by atoms with Gasteiger partial charge in [-0.15, -0.1) is 5.10 Å². The van der Waals surface area contributed by atoms with E-state index in [4.69, 9.17) is 27.9 Å². The third-order valence-electron chi connectivity index (χ3n) is 2.88. The summed E-state index contributed by atoms with van der Waals surface area (Å²) in [6, 6.07) is 5.95. The van der Waals surface area contributed by atoms with Crippen molar-refractivity contribution < 1.29 is 18.3 Å². The minimum absolute atomic E-state index is 0.0499. The van der Waals surface area contributed by atoms with E-state index in [1.54, 1.807) is 12.3 Å². The van der Waals surface area contributed by atoms with E-state index >= 15 is 0 Å². The highest BCUT2D eigenvalue weighted by molar-refractivity contribution is 6.32. The fourth-order valence-electron chi connectivity index (χ4n) is 1.84. The van der Waals surface area contributed by atoms with Gasteiger partial charge in [-0.25, -0.2) is 9.67 Å². The Labute approximate surface area is 150 Å². The monoisotopic (exact) mass is 387 g/mol. The molecule has 3 rings (SSSR count). The average molecular weight is 388 g/mol. The SMILES string of the molecule is FC(F)Oc1cc(-n2cc(COc3nccc(Cl)n3)nn2)ccc1Cl. The van der Waals surface area contributed by atoms with Crippen molar-refractivity contribution >= 4 is 23.2 Å². The second-order valence-electron chi connectivity index (χ2n) is 4.60. The molecule has 0 aliphatic rings. The van der Waals surface area contributed by atoms with Gasteiger partial charge in [-0.1, -0.05) is 28.4 Å². The molecule has 0 fully saturated rings. The zero-order valence-corrected chi connectivity index (χ0v) is 13.8. The van der Waals surface area contributed by atoms with E-state index < -0.39 is 6.61 Å². The third-order valence-corrected chi connectivity index (χ3v) is 3.41. The minimum Gasteiger partial charge on any atom is -0.457 e. The first-order valence-electron chi connectivity index (χ1n) is 6.78. The summed E-state index contributed by atoms with van der Waals surface area (Å²) in [5, 5.41) is 8.13. The fraction of sp³-hybridized carbons (Fsp3) is 0.143. The first-order chi connectivity index (χ1) is 12.0. The van der Waals surface area contributed by atoms with Gasteiger partial charge in [0.25, 0.3) is 0 Å². The maximum absolute atomic E-state index is 12.4. The number of aromatic nitrogens is 5. The molecule has 0 unspecified atom stereocenters. The number of hydrogen-bond acceptors (Lipinski definition) is 6. The van der Waals surface area contributed by atoms with E-state index in [9.17, 15) is 8.78 Å². The van der Waals surface area contributed by atoms with Crippen molar-refractivity contribution in [2.45, 2.75) is 13.2 Å². The van der Waals surface area contributed by atoms with Crippen LogP contribution in [0.5, 0.6) is 11.8 Å². The predicted octanol–water partition coefficient (Wildman–Crippen LogP) is 3.54. The molecule has 0 saturated carbocycles. The van der Waals surface area contributed by atoms with Crippen LogP contribution in [0.25, 0.3) is 5.69 Å². The molecule has 0 aliphatic carbocycles. The van der Waals surface area contributed by atoms with Gasteiger partial charge in [0.1, 0.15) is 23.2 Å². The van der Waals surface area contributed by atoms with Crippen LogP contribution in [0.3, 0.4) is 0 Å². The Balaban J connectivity index is 1.73. The molecule has 1 aromatic carbocycles. The maximum atomic E-state index is 12.4. The first-order valence-corrected chi connectivity index (χ1v) is 7.54. The smallest absolute Gasteiger partial charge is 0.387 e. The molecule has 25 heavy (non-hydrogen) atoms. The van der Waals surface area contributed by atoms with Gasteiger partial charge >= 0.3 is 12.6 Å². The third kappa shape index (κ3) is 4.52. The summed E-state index contributed by atoms with van der Waals surface area (Å²) in [7, 11) is 0. The molecule has 2 aromatic heterocycles. The predicted molar refractivity (Wildman–Crippen MR) is 84.4 cm³/mol. The summed E-state index contributed by atoms with van der Waals surface area (Å²) in [5.41, 5.74) is 0.910. The minimum atomic E-state index is -2.98. The molecule has 0 aliphatic heterocycles. The molecular weight excluding hydrogens is 379 g/mol. The Morgan fingerprint density at radius 2 is 2.04 bits per heavy atom. The van der Waals surface area contributed by atoms with Gasteiger partial charge in [0, 0.05) is 12.3 Å². The molecule has 0 amide bonds. The summed E-state index contributed by atoms with van der Waals surface area (Å²) in [5.74, 6) is -0.158. The standard InChI is InChI=1S/C14H9Cl2F2N5O2/c15-10-2-1-9(5-11(10)25-13(17)18)23-6-8(21-22-23)7-24-14-19-4-3-12(16)20-14/h1-6,13H,7H2. The number of hydrogen-bond donors (Lipinski definition) is 0. The van der Waals surface area contributed by atoms with E-state index in [1.807, 2.05) is 0 Å². The van der Waals surface area contributed by atoms with Crippen LogP contribution in [0, 0.1) is 0 Å². The summed E-state index contributed by atoms with van der Waals surface area (Å²) >= 11 is 11.6. The van der Waals surface area contributed by atoms with Crippen LogP contribution in [-0.2, 0) is 6.61 Å². The van der Waals surface area contributed by atoms with E-state index in [1.165, 1.54) is 29.1 Å². The van der Waals surface area contributed by atoms with Crippen LogP contribution in [-0.4, -0.2) is 31.6 Å². The largest absolute Gasteiger partial charge is 0.457 e. The van der Waals surface area contributed by atoms with Crippen LogP contribution in [0.4, 0.5) is 8.78 Å². The van der Waals surface area contributed by atoms with E-state index in [0.29, 0.717) is 11.4 Å². The number of benzene rings is 1. The normalized spacial score (nSPS) is 10.9. The summed E-state index contributed by atoms with van der Waals surface area (Å²) < 4.78 is 35.8. The summed E-state index contributed by atoms with van der Waals surface area (Å²) in [6.07, 6.45) is 3.01. The van der Waals surface area contributed by atoms with E-state index in [2.05, 4.69) is 25.0 Å². The van der Waals surface area contributed by atoms with Gasteiger partial charge in [0.15, 0.2) is 0 Å². The Morgan fingerprint density at radius 1 is 1.20 bits per heavy atom. The topological polar surface area (TPSA) is 75.0 Å². The zero-order chi connectivity index (χ0) is 17.8. The van der Waals surface area contributed by atoms with Crippen molar-refractivity contribution in [1.29, 1.82) is 0 Å². The molecule has 2 heterocycles. The molecule has 0 bridgehead atoms. The number of rotatable bonds is 6. The van der Waals surface area contributed by atoms with Crippen molar-refractivity contribution in [3.63, 3.8) is 0 Å². The van der Waals surface area contributed by atoms with Gasteiger partial charge in [0.2, 0.25) is 0 Å². The van der Waals surface area contributed by atoms with Gasteiger partial charge in [0.05, 0.1) is 16.9 Å². The number of halogens is 4. The summed E-state index contributed by atoms with van der Waals surface area (Å²) in [6.45, 7) is -2.93. The van der Waals surface area contributed by atoms with Crippen LogP contribution in [0.2, 0.25) is 10.2 Å². The van der Waals surface area contributed by atoms with Gasteiger partial charge in [-0.3, -0.25) is 0 Å². The molecule has 7 nitrogen and oxygen atoms in total. The molecule has 0 atom stereocenters. The Morgan fingerprint density at radius 3 is 2.80 bits per heavy atom. The number of nitrogens with zero attached hydrogens (tertiary/aromatic N) is 5. The second kappa shape index (κ2) is 7.58.